The first kappa shape index (κ1) is 9.45. The molecule has 0 bridgehead atoms. The number of hydrogen-bond donors (Lipinski definition) is 1. The number of hydrogen-bond acceptors (Lipinski definition) is 3. The third-order valence-electron chi connectivity index (χ3n) is 1.45. The van der Waals surface area contributed by atoms with Crippen molar-refractivity contribution in [1.82, 2.24) is 0 Å². The molecule has 0 aliphatic carbocycles. The lowest BCUT2D eigenvalue weighted by atomic mass is 10.2. The maximum Gasteiger partial charge on any atom is 0.313 e. The Morgan fingerprint density at radius 3 is 2.69 bits per heavy atom. The predicted molar refractivity (Wildman–Crippen MR) is 49.0 cm³/mol. The summed E-state index contributed by atoms with van der Waals surface area (Å²) < 4.78 is 9.52. The summed E-state index contributed by atoms with van der Waals surface area (Å²) in [5, 5.41) is 9.02. The van der Waals surface area contributed by atoms with Gasteiger partial charge in [-0.15, -0.1) is 0 Å². The summed E-state index contributed by atoms with van der Waals surface area (Å²) in [6.07, 6.45) is 1.14. The lowest BCUT2D eigenvalue weighted by molar-refractivity contribution is 0.0686. The summed E-state index contributed by atoms with van der Waals surface area (Å²) in [7, 11) is 1.45. The van der Waals surface area contributed by atoms with Gasteiger partial charge in [0.05, 0.1) is 7.11 Å². The van der Waals surface area contributed by atoms with Gasteiger partial charge < -0.3 is 14.6 Å². The second-order valence-corrected chi connectivity index (χ2v) is 2.47. The van der Waals surface area contributed by atoms with E-state index >= 15 is 0 Å². The highest BCUT2D eigenvalue weighted by Gasteiger charge is 1.94. The first-order valence-electron chi connectivity index (χ1n) is 3.91. The zero-order chi connectivity index (χ0) is 9.52. The minimum atomic E-state index is -0.216. The third kappa shape index (κ3) is 3.51. The Balaban J connectivity index is 2.39. The molecule has 0 heterocycles. The Hall–Kier alpha value is -1.64. The molecule has 0 amide bonds. The molecular formula is C10H12O3. The standard InChI is InChI=1S/C10H12O3/c1-12-8-10(11)13-7-9-5-3-2-4-6-9/h2-6,8,11H,7H2,1H3/b10-8+. The minimum Gasteiger partial charge on any atom is -0.497 e. The molecule has 70 valence electrons. The van der Waals surface area contributed by atoms with Crippen LogP contribution in [0.2, 0.25) is 0 Å². The van der Waals surface area contributed by atoms with E-state index in [2.05, 4.69) is 4.74 Å². The van der Waals surface area contributed by atoms with Crippen molar-refractivity contribution in [1.29, 1.82) is 0 Å². The van der Waals surface area contributed by atoms with Crippen LogP contribution in [0.1, 0.15) is 5.56 Å². The maximum atomic E-state index is 9.02. The molecule has 0 aliphatic rings. The zero-order valence-corrected chi connectivity index (χ0v) is 7.43. The Labute approximate surface area is 77.2 Å². The molecule has 1 rings (SSSR count). The van der Waals surface area contributed by atoms with Crippen molar-refractivity contribution in [3.05, 3.63) is 48.1 Å². The molecule has 13 heavy (non-hydrogen) atoms. The van der Waals surface area contributed by atoms with Crippen LogP contribution in [0.3, 0.4) is 0 Å². The summed E-state index contributed by atoms with van der Waals surface area (Å²) in [5.41, 5.74) is 0.999. The van der Waals surface area contributed by atoms with Crippen LogP contribution in [0.15, 0.2) is 42.5 Å². The molecule has 0 spiro atoms. The second-order valence-electron chi connectivity index (χ2n) is 2.47. The van der Waals surface area contributed by atoms with Gasteiger partial charge in [0.2, 0.25) is 0 Å². The average Bonchev–Trinajstić information content (AvgIpc) is 2.17. The first-order valence-corrected chi connectivity index (χ1v) is 3.91. The Bertz CT molecular complexity index is 267. The third-order valence-corrected chi connectivity index (χ3v) is 1.45. The van der Waals surface area contributed by atoms with Gasteiger partial charge in [0.1, 0.15) is 6.61 Å². The van der Waals surface area contributed by atoms with Crippen LogP contribution >= 0.6 is 0 Å². The predicted octanol–water partition coefficient (Wildman–Crippen LogP) is 2.21. The summed E-state index contributed by atoms with van der Waals surface area (Å²) in [5.74, 6) is -0.216. The topological polar surface area (TPSA) is 38.7 Å². The van der Waals surface area contributed by atoms with Crippen LogP contribution in [0, 0.1) is 0 Å². The molecule has 0 fully saturated rings. The summed E-state index contributed by atoms with van der Waals surface area (Å²) in [6, 6.07) is 9.58. The number of benzene rings is 1. The molecule has 0 atom stereocenters. The molecule has 0 saturated heterocycles. The van der Waals surface area contributed by atoms with E-state index in [0.29, 0.717) is 6.61 Å². The number of aliphatic hydroxyl groups excluding tert-OH is 1. The van der Waals surface area contributed by atoms with Crippen LogP contribution in [0.5, 0.6) is 0 Å². The normalized spacial score (nSPS) is 11.0. The zero-order valence-electron chi connectivity index (χ0n) is 7.43. The van der Waals surface area contributed by atoms with Gasteiger partial charge in [0.15, 0.2) is 6.26 Å². The number of aliphatic hydroxyl groups is 1. The molecule has 0 saturated carbocycles. The van der Waals surface area contributed by atoms with Crippen LogP contribution in [-0.4, -0.2) is 12.2 Å². The summed E-state index contributed by atoms with van der Waals surface area (Å²) in [6.45, 7) is 0.340. The fourth-order valence-electron chi connectivity index (χ4n) is 0.866. The van der Waals surface area contributed by atoms with Crippen molar-refractivity contribution in [2.24, 2.45) is 0 Å². The van der Waals surface area contributed by atoms with E-state index in [-0.39, 0.29) is 5.95 Å². The van der Waals surface area contributed by atoms with E-state index in [1.165, 1.54) is 7.11 Å². The Morgan fingerprint density at radius 2 is 2.08 bits per heavy atom. The summed E-state index contributed by atoms with van der Waals surface area (Å²) >= 11 is 0. The highest BCUT2D eigenvalue weighted by atomic mass is 16.6. The lowest BCUT2D eigenvalue weighted by Gasteiger charge is -2.03. The number of rotatable bonds is 4. The SMILES string of the molecule is CO/C=C(\O)OCc1ccccc1. The molecular weight excluding hydrogens is 168 g/mol. The molecule has 3 nitrogen and oxygen atoms in total. The monoisotopic (exact) mass is 180 g/mol. The molecule has 1 aromatic carbocycles. The Kier molecular flexibility index (Phi) is 3.70. The van der Waals surface area contributed by atoms with Gasteiger partial charge in [0, 0.05) is 0 Å². The minimum absolute atomic E-state index is 0.216. The highest BCUT2D eigenvalue weighted by Crippen LogP contribution is 2.03. The molecule has 3 heteroatoms. The fraction of sp³-hybridized carbons (Fsp3) is 0.200. The second kappa shape index (κ2) is 5.09. The molecule has 0 aromatic heterocycles. The molecule has 0 unspecified atom stereocenters. The maximum absolute atomic E-state index is 9.02. The molecule has 1 N–H and O–H groups in total. The van der Waals surface area contributed by atoms with Gasteiger partial charge in [0.25, 0.3) is 0 Å². The van der Waals surface area contributed by atoms with E-state index in [9.17, 15) is 0 Å². The highest BCUT2D eigenvalue weighted by molar-refractivity contribution is 5.13. The van der Waals surface area contributed by atoms with Crippen LogP contribution in [-0.2, 0) is 16.1 Å². The van der Waals surface area contributed by atoms with Crippen molar-refractivity contribution < 1.29 is 14.6 Å². The van der Waals surface area contributed by atoms with Crippen LogP contribution < -0.4 is 0 Å². The van der Waals surface area contributed by atoms with E-state index in [1.54, 1.807) is 0 Å². The largest absolute Gasteiger partial charge is 0.497 e. The number of ether oxygens (including phenoxy) is 2. The quantitative estimate of drug-likeness (QED) is 0.722. The lowest BCUT2D eigenvalue weighted by Crippen LogP contribution is -1.92. The van der Waals surface area contributed by atoms with Gasteiger partial charge in [-0.3, -0.25) is 0 Å². The average molecular weight is 180 g/mol. The van der Waals surface area contributed by atoms with Gasteiger partial charge in [-0.25, -0.2) is 0 Å². The van der Waals surface area contributed by atoms with Crippen LogP contribution in [0.25, 0.3) is 0 Å². The van der Waals surface area contributed by atoms with E-state index < -0.39 is 0 Å². The first-order chi connectivity index (χ1) is 6.33. The van der Waals surface area contributed by atoms with Gasteiger partial charge >= 0.3 is 5.95 Å². The van der Waals surface area contributed by atoms with Crippen molar-refractivity contribution in [2.45, 2.75) is 6.61 Å². The summed E-state index contributed by atoms with van der Waals surface area (Å²) in [4.78, 5) is 0. The van der Waals surface area contributed by atoms with E-state index in [0.717, 1.165) is 11.8 Å². The van der Waals surface area contributed by atoms with Gasteiger partial charge in [-0.1, -0.05) is 30.3 Å². The van der Waals surface area contributed by atoms with Crippen molar-refractivity contribution >= 4 is 0 Å². The molecule has 1 aromatic rings. The van der Waals surface area contributed by atoms with Crippen molar-refractivity contribution in [2.75, 3.05) is 7.11 Å². The van der Waals surface area contributed by atoms with E-state index in [1.807, 2.05) is 30.3 Å². The number of methoxy groups -OCH3 is 1. The van der Waals surface area contributed by atoms with Crippen molar-refractivity contribution in [3.63, 3.8) is 0 Å². The van der Waals surface area contributed by atoms with Gasteiger partial charge in [-0.2, -0.15) is 0 Å². The fourth-order valence-corrected chi connectivity index (χ4v) is 0.866. The molecule has 0 aliphatic heterocycles. The molecule has 0 radical (unpaired) electrons. The van der Waals surface area contributed by atoms with E-state index in [4.69, 9.17) is 9.84 Å². The van der Waals surface area contributed by atoms with Crippen LogP contribution in [0.4, 0.5) is 0 Å². The Morgan fingerprint density at radius 1 is 1.38 bits per heavy atom. The van der Waals surface area contributed by atoms with Crippen molar-refractivity contribution in [3.8, 4) is 0 Å². The smallest absolute Gasteiger partial charge is 0.313 e. The van der Waals surface area contributed by atoms with Gasteiger partial charge in [-0.05, 0) is 5.56 Å².